The van der Waals surface area contributed by atoms with Gasteiger partial charge in [0, 0.05) is 0 Å². The second-order valence-electron chi connectivity index (χ2n) is 5.73. The van der Waals surface area contributed by atoms with E-state index in [1.807, 2.05) is 67.6 Å². The van der Waals surface area contributed by atoms with Gasteiger partial charge >= 0.3 is 6.09 Å². The minimum absolute atomic E-state index is 0.104. The highest BCUT2D eigenvalue weighted by Crippen LogP contribution is 2.18. The van der Waals surface area contributed by atoms with Crippen molar-refractivity contribution in [2.75, 3.05) is 6.61 Å². The molecule has 0 unspecified atom stereocenters. The minimum atomic E-state index is -0.528. The van der Waals surface area contributed by atoms with Crippen LogP contribution in [0.25, 0.3) is 0 Å². The molecule has 0 heterocycles. The molecule has 2 aromatic carbocycles. The number of carbonyl (C=O) groups is 2. The van der Waals surface area contributed by atoms with E-state index in [1.165, 1.54) is 0 Å². The van der Waals surface area contributed by atoms with E-state index in [2.05, 4.69) is 10.6 Å². The smallest absolute Gasteiger partial charge is 0.407 e. The predicted molar refractivity (Wildman–Crippen MR) is 97.0 cm³/mol. The van der Waals surface area contributed by atoms with Crippen LogP contribution in [0.5, 0.6) is 0 Å². The van der Waals surface area contributed by atoms with Crippen molar-refractivity contribution >= 4 is 12.0 Å². The highest BCUT2D eigenvalue weighted by atomic mass is 16.5. The van der Waals surface area contributed by atoms with Gasteiger partial charge in [-0.3, -0.25) is 4.79 Å². The Morgan fingerprint density at radius 3 is 2.04 bits per heavy atom. The lowest BCUT2D eigenvalue weighted by Gasteiger charge is -2.20. The molecule has 0 spiro atoms. The van der Waals surface area contributed by atoms with Gasteiger partial charge in [-0.1, -0.05) is 60.7 Å². The summed E-state index contributed by atoms with van der Waals surface area (Å²) in [5, 5.41) is 5.73. The molecule has 2 amide bonds. The fourth-order valence-corrected chi connectivity index (χ4v) is 2.56. The molecule has 0 saturated carbocycles. The lowest BCUT2D eigenvalue weighted by Crippen LogP contribution is -2.35. The summed E-state index contributed by atoms with van der Waals surface area (Å²) in [5.74, 6) is -0.137. The molecule has 0 radical (unpaired) electrons. The first kappa shape index (κ1) is 18.5. The molecule has 2 aromatic rings. The van der Waals surface area contributed by atoms with Crippen LogP contribution in [0.15, 0.2) is 60.7 Å². The Kier molecular flexibility index (Phi) is 7.01. The highest BCUT2D eigenvalue weighted by molar-refractivity contribution is 5.78. The number of hydrogen-bond donors (Lipinski definition) is 2. The Hall–Kier alpha value is -2.82. The molecular weight excluding hydrogens is 316 g/mol. The van der Waals surface area contributed by atoms with Crippen LogP contribution in [0.3, 0.4) is 0 Å². The van der Waals surface area contributed by atoms with Crippen molar-refractivity contribution in [1.29, 1.82) is 0 Å². The second-order valence-corrected chi connectivity index (χ2v) is 5.73. The van der Waals surface area contributed by atoms with Gasteiger partial charge in [-0.25, -0.2) is 4.79 Å². The van der Waals surface area contributed by atoms with E-state index in [9.17, 15) is 9.59 Å². The van der Waals surface area contributed by atoms with Gasteiger partial charge in [-0.2, -0.15) is 0 Å². The summed E-state index contributed by atoms with van der Waals surface area (Å²) < 4.78 is 4.94. The first-order chi connectivity index (χ1) is 12.1. The highest BCUT2D eigenvalue weighted by Gasteiger charge is 2.20. The van der Waals surface area contributed by atoms with Gasteiger partial charge < -0.3 is 15.4 Å². The average molecular weight is 340 g/mol. The summed E-state index contributed by atoms with van der Waals surface area (Å²) in [4.78, 5) is 24.2. The number of amides is 2. The zero-order valence-corrected chi connectivity index (χ0v) is 14.6. The zero-order valence-electron chi connectivity index (χ0n) is 14.6. The summed E-state index contributed by atoms with van der Waals surface area (Å²) in [7, 11) is 0. The van der Waals surface area contributed by atoms with Gasteiger partial charge in [0.05, 0.1) is 25.1 Å². The Morgan fingerprint density at radius 1 is 0.920 bits per heavy atom. The number of alkyl carbamates (subject to hydrolysis) is 1. The third-order valence-electron chi connectivity index (χ3n) is 3.84. The van der Waals surface area contributed by atoms with Crippen LogP contribution in [0.2, 0.25) is 0 Å². The molecule has 5 heteroatoms. The summed E-state index contributed by atoms with van der Waals surface area (Å²) in [6.45, 7) is 3.96. The number of ether oxygens (including phenoxy) is 1. The number of nitrogens with one attached hydrogen (secondary N) is 2. The molecule has 0 fully saturated rings. The van der Waals surface area contributed by atoms with Crippen LogP contribution in [0.1, 0.15) is 43.5 Å². The molecular formula is C20H24N2O3. The molecule has 2 N–H and O–H groups in total. The van der Waals surface area contributed by atoms with Gasteiger partial charge in [0.1, 0.15) is 0 Å². The van der Waals surface area contributed by atoms with Gasteiger partial charge in [0.2, 0.25) is 5.91 Å². The van der Waals surface area contributed by atoms with Crippen molar-refractivity contribution in [3.05, 3.63) is 71.8 Å². The van der Waals surface area contributed by atoms with Gasteiger partial charge in [-0.05, 0) is 25.0 Å². The van der Waals surface area contributed by atoms with Gasteiger partial charge in [0.15, 0.2) is 0 Å². The van der Waals surface area contributed by atoms with Crippen LogP contribution in [-0.2, 0) is 9.53 Å². The molecule has 132 valence electrons. The van der Waals surface area contributed by atoms with E-state index >= 15 is 0 Å². The number of benzene rings is 2. The maximum absolute atomic E-state index is 12.4. The molecule has 0 aliphatic carbocycles. The van der Waals surface area contributed by atoms with Crippen LogP contribution >= 0.6 is 0 Å². The van der Waals surface area contributed by atoms with Crippen molar-refractivity contribution in [2.24, 2.45) is 0 Å². The van der Waals surface area contributed by atoms with Crippen LogP contribution in [-0.4, -0.2) is 18.6 Å². The Bertz CT molecular complexity index is 674. The van der Waals surface area contributed by atoms with Gasteiger partial charge in [-0.15, -0.1) is 0 Å². The SMILES string of the molecule is CCOC(=O)N[C@H](CC(=O)N[C@@H](C)c1ccccc1)c1ccccc1. The molecule has 5 nitrogen and oxygen atoms in total. The maximum atomic E-state index is 12.4. The Balaban J connectivity index is 2.02. The number of rotatable bonds is 7. The summed E-state index contributed by atoms with van der Waals surface area (Å²) in [6.07, 6.45) is -0.389. The molecule has 0 aromatic heterocycles. The number of carbonyl (C=O) groups excluding carboxylic acids is 2. The first-order valence-corrected chi connectivity index (χ1v) is 8.42. The molecule has 0 aliphatic rings. The van der Waals surface area contributed by atoms with E-state index in [-0.39, 0.29) is 25.0 Å². The third-order valence-corrected chi connectivity index (χ3v) is 3.84. The topological polar surface area (TPSA) is 67.4 Å². The molecule has 0 bridgehead atoms. The van der Waals surface area contributed by atoms with Crippen molar-refractivity contribution < 1.29 is 14.3 Å². The normalized spacial score (nSPS) is 12.7. The van der Waals surface area contributed by atoms with E-state index in [0.717, 1.165) is 11.1 Å². The van der Waals surface area contributed by atoms with E-state index in [4.69, 9.17) is 4.74 Å². The third kappa shape index (κ3) is 5.95. The lowest BCUT2D eigenvalue weighted by molar-refractivity contribution is -0.122. The van der Waals surface area contributed by atoms with E-state index < -0.39 is 12.1 Å². The predicted octanol–water partition coefficient (Wildman–Crippen LogP) is 3.74. The first-order valence-electron chi connectivity index (χ1n) is 8.42. The molecule has 2 atom stereocenters. The number of hydrogen-bond acceptors (Lipinski definition) is 3. The average Bonchev–Trinajstić information content (AvgIpc) is 2.63. The second kappa shape index (κ2) is 9.47. The van der Waals surface area contributed by atoms with Crippen LogP contribution in [0.4, 0.5) is 4.79 Å². The molecule has 0 saturated heterocycles. The van der Waals surface area contributed by atoms with E-state index in [0.29, 0.717) is 0 Å². The molecule has 2 rings (SSSR count). The lowest BCUT2D eigenvalue weighted by atomic mass is 10.0. The monoisotopic (exact) mass is 340 g/mol. The van der Waals surface area contributed by atoms with E-state index in [1.54, 1.807) is 6.92 Å². The van der Waals surface area contributed by atoms with Crippen molar-refractivity contribution in [3.63, 3.8) is 0 Å². The summed E-state index contributed by atoms with van der Waals surface area (Å²) in [6, 6.07) is 18.6. The van der Waals surface area contributed by atoms with Crippen molar-refractivity contribution in [3.8, 4) is 0 Å². The van der Waals surface area contributed by atoms with Crippen LogP contribution in [0, 0.1) is 0 Å². The fourth-order valence-electron chi connectivity index (χ4n) is 2.56. The minimum Gasteiger partial charge on any atom is -0.450 e. The Morgan fingerprint density at radius 2 is 1.48 bits per heavy atom. The largest absolute Gasteiger partial charge is 0.450 e. The summed E-state index contributed by atoms with van der Waals surface area (Å²) in [5.41, 5.74) is 1.89. The van der Waals surface area contributed by atoms with Crippen LogP contribution < -0.4 is 10.6 Å². The molecule has 0 aliphatic heterocycles. The molecule has 25 heavy (non-hydrogen) atoms. The fraction of sp³-hybridized carbons (Fsp3) is 0.300. The Labute approximate surface area is 148 Å². The van der Waals surface area contributed by atoms with Gasteiger partial charge in [0.25, 0.3) is 0 Å². The maximum Gasteiger partial charge on any atom is 0.407 e. The quantitative estimate of drug-likeness (QED) is 0.807. The van der Waals surface area contributed by atoms with Crippen molar-refractivity contribution in [2.45, 2.75) is 32.4 Å². The summed E-state index contributed by atoms with van der Waals surface area (Å²) >= 11 is 0. The zero-order chi connectivity index (χ0) is 18.1. The standard InChI is InChI=1S/C20H24N2O3/c1-3-25-20(24)22-18(17-12-8-5-9-13-17)14-19(23)21-15(2)16-10-6-4-7-11-16/h4-13,15,18H,3,14H2,1-2H3,(H,21,23)(H,22,24)/t15-,18+/m0/s1. The van der Waals surface area contributed by atoms with Crippen molar-refractivity contribution in [1.82, 2.24) is 10.6 Å².